The minimum absolute atomic E-state index is 0.0344. The molecule has 5 nitrogen and oxygen atoms in total. The number of amides is 1. The van der Waals surface area contributed by atoms with Crippen LogP contribution in [0.3, 0.4) is 0 Å². The van der Waals surface area contributed by atoms with Gasteiger partial charge < -0.3 is 10.1 Å². The number of rotatable bonds is 6. The summed E-state index contributed by atoms with van der Waals surface area (Å²) < 4.78 is 5.35. The van der Waals surface area contributed by atoms with E-state index in [9.17, 15) is 4.79 Å². The van der Waals surface area contributed by atoms with Crippen LogP contribution in [0, 0.1) is 0 Å². The second kappa shape index (κ2) is 7.62. The molecule has 1 aliphatic heterocycles. The third-order valence-corrected chi connectivity index (χ3v) is 3.29. The highest BCUT2D eigenvalue weighted by atomic mass is 32.2. The number of carbonyl (C=O) groups is 1. The predicted molar refractivity (Wildman–Crippen MR) is 81.9 cm³/mol. The summed E-state index contributed by atoms with van der Waals surface area (Å²) in [5.41, 5.74) is 2.03. The van der Waals surface area contributed by atoms with E-state index >= 15 is 0 Å². The van der Waals surface area contributed by atoms with E-state index in [0.717, 1.165) is 11.1 Å². The first-order valence-corrected chi connectivity index (χ1v) is 7.08. The number of hydrogen-bond donors (Lipinski definition) is 1. The lowest BCUT2D eigenvalue weighted by molar-refractivity contribution is -0.116. The Balaban J connectivity index is 1.87. The van der Waals surface area contributed by atoms with Crippen molar-refractivity contribution in [2.75, 3.05) is 12.4 Å². The highest BCUT2D eigenvalue weighted by Crippen LogP contribution is 2.09. The highest BCUT2D eigenvalue weighted by Gasteiger charge is 2.15. The maximum absolute atomic E-state index is 10.9. The summed E-state index contributed by atoms with van der Waals surface area (Å²) in [4.78, 5) is 10.9. The van der Waals surface area contributed by atoms with Crippen LogP contribution in [0.15, 0.2) is 47.1 Å². The zero-order valence-corrected chi connectivity index (χ0v) is 11.7. The van der Waals surface area contributed by atoms with Crippen LogP contribution in [0.2, 0.25) is 0 Å². The third kappa shape index (κ3) is 4.64. The molecule has 1 fully saturated rings. The first kappa shape index (κ1) is 14.5. The van der Waals surface area contributed by atoms with Gasteiger partial charge in [-0.2, -0.15) is 5.10 Å². The van der Waals surface area contributed by atoms with Crippen molar-refractivity contribution in [2.45, 2.75) is 6.61 Å². The molecule has 0 aliphatic carbocycles. The molecule has 0 saturated carbocycles. The van der Waals surface area contributed by atoms with E-state index in [-0.39, 0.29) is 5.91 Å². The van der Waals surface area contributed by atoms with Gasteiger partial charge in [0.05, 0.1) is 25.2 Å². The van der Waals surface area contributed by atoms with Gasteiger partial charge in [-0.15, -0.1) is 11.7 Å². The Hall–Kier alpha value is -1.92. The number of nitrogens with one attached hydrogen (secondary N) is 1. The van der Waals surface area contributed by atoms with Crippen molar-refractivity contribution in [3.63, 3.8) is 0 Å². The van der Waals surface area contributed by atoms with Crippen LogP contribution >= 0.6 is 11.8 Å². The fourth-order valence-electron chi connectivity index (χ4n) is 1.49. The molecular weight excluding hydrogens is 274 g/mol. The first-order chi connectivity index (χ1) is 9.78. The van der Waals surface area contributed by atoms with Gasteiger partial charge in [-0.1, -0.05) is 42.1 Å². The third-order valence-electron chi connectivity index (χ3n) is 2.43. The van der Waals surface area contributed by atoms with Crippen LogP contribution in [-0.2, 0) is 16.1 Å². The van der Waals surface area contributed by atoms with Crippen LogP contribution < -0.4 is 5.32 Å². The lowest BCUT2D eigenvalue weighted by Crippen LogP contribution is -2.19. The molecule has 6 heteroatoms. The van der Waals surface area contributed by atoms with Crippen molar-refractivity contribution in [3.8, 4) is 0 Å². The summed E-state index contributed by atoms with van der Waals surface area (Å²) in [6, 6.07) is 7.83. The number of carbonyl (C=O) groups excluding carboxylic acids is 1. The number of ether oxygens (including phenoxy) is 1. The summed E-state index contributed by atoms with van der Waals surface area (Å²) in [6.07, 6.45) is 3.37. The Morgan fingerprint density at radius 1 is 1.40 bits per heavy atom. The molecule has 1 aliphatic rings. The van der Waals surface area contributed by atoms with Crippen molar-refractivity contribution >= 4 is 29.1 Å². The highest BCUT2D eigenvalue weighted by molar-refractivity contribution is 8.15. The van der Waals surface area contributed by atoms with E-state index < -0.39 is 0 Å². The van der Waals surface area contributed by atoms with E-state index in [2.05, 4.69) is 22.1 Å². The minimum atomic E-state index is -0.0344. The molecule has 1 saturated heterocycles. The fraction of sp³-hybridized carbons (Fsp3) is 0.214. The van der Waals surface area contributed by atoms with Crippen LogP contribution in [0.5, 0.6) is 0 Å². The average Bonchev–Trinajstić information content (AvgIpc) is 2.87. The number of thioether (sulfide) groups is 1. The Labute approximate surface area is 121 Å². The van der Waals surface area contributed by atoms with Gasteiger partial charge in [0.2, 0.25) is 5.91 Å². The molecule has 2 rings (SSSR count). The Morgan fingerprint density at radius 3 is 2.85 bits per heavy atom. The average molecular weight is 289 g/mol. The van der Waals surface area contributed by atoms with E-state index in [0.29, 0.717) is 24.1 Å². The monoisotopic (exact) mass is 289 g/mol. The van der Waals surface area contributed by atoms with Gasteiger partial charge in [0, 0.05) is 0 Å². The maximum atomic E-state index is 10.9. The van der Waals surface area contributed by atoms with Crippen molar-refractivity contribution in [2.24, 2.45) is 10.2 Å². The molecule has 1 aromatic carbocycles. The first-order valence-electron chi connectivity index (χ1n) is 6.09. The minimum Gasteiger partial charge on any atom is -0.373 e. The van der Waals surface area contributed by atoms with Crippen LogP contribution in [0.1, 0.15) is 11.1 Å². The van der Waals surface area contributed by atoms with Crippen LogP contribution in [-0.4, -0.2) is 29.6 Å². The SMILES string of the molecule is C=CCOCc1ccc(C=NN=C2NC(=O)CS2)cc1. The molecule has 0 aromatic heterocycles. The van der Waals surface area contributed by atoms with Crippen molar-refractivity contribution < 1.29 is 9.53 Å². The molecule has 0 radical (unpaired) electrons. The summed E-state index contributed by atoms with van der Waals surface area (Å²) >= 11 is 1.35. The molecule has 20 heavy (non-hydrogen) atoms. The second-order valence-electron chi connectivity index (χ2n) is 4.03. The van der Waals surface area contributed by atoms with Crippen molar-refractivity contribution in [1.29, 1.82) is 0 Å². The van der Waals surface area contributed by atoms with Gasteiger partial charge in [-0.3, -0.25) is 4.79 Å². The fourth-order valence-corrected chi connectivity index (χ4v) is 2.12. The molecular formula is C14H15N3O2S. The zero-order valence-electron chi connectivity index (χ0n) is 10.9. The molecule has 1 heterocycles. The molecule has 0 bridgehead atoms. The van der Waals surface area contributed by atoms with E-state index in [1.54, 1.807) is 12.3 Å². The maximum Gasteiger partial charge on any atom is 0.236 e. The normalized spacial score (nSPS) is 16.8. The molecule has 0 spiro atoms. The number of benzene rings is 1. The van der Waals surface area contributed by atoms with Gasteiger partial charge in [-0.25, -0.2) is 0 Å². The standard InChI is InChI=1S/C14H15N3O2S/c1-2-7-19-9-12-5-3-11(4-6-12)8-15-17-14-16-13(18)10-20-14/h2-6,8H,1,7,9-10H2,(H,16,17,18). The Morgan fingerprint density at radius 2 is 2.20 bits per heavy atom. The van der Waals surface area contributed by atoms with Gasteiger partial charge in [-0.05, 0) is 11.1 Å². The lowest BCUT2D eigenvalue weighted by Gasteiger charge is -2.01. The second-order valence-corrected chi connectivity index (χ2v) is 5.00. The quantitative estimate of drug-likeness (QED) is 0.377. The van der Waals surface area contributed by atoms with E-state index in [1.165, 1.54) is 11.8 Å². The topological polar surface area (TPSA) is 63.1 Å². The number of amidine groups is 1. The number of nitrogens with zero attached hydrogens (tertiary/aromatic N) is 2. The van der Waals surface area contributed by atoms with Crippen molar-refractivity contribution in [1.82, 2.24) is 5.32 Å². The Kier molecular flexibility index (Phi) is 5.52. The van der Waals surface area contributed by atoms with Gasteiger partial charge in [0.1, 0.15) is 0 Å². The molecule has 0 atom stereocenters. The van der Waals surface area contributed by atoms with Crippen LogP contribution in [0.4, 0.5) is 0 Å². The Bertz CT molecular complexity index is 538. The van der Waals surface area contributed by atoms with E-state index in [4.69, 9.17) is 4.74 Å². The van der Waals surface area contributed by atoms with Crippen molar-refractivity contribution in [3.05, 3.63) is 48.0 Å². The molecule has 0 unspecified atom stereocenters. The lowest BCUT2D eigenvalue weighted by atomic mass is 10.1. The zero-order chi connectivity index (χ0) is 14.2. The smallest absolute Gasteiger partial charge is 0.236 e. The molecule has 1 aromatic rings. The van der Waals surface area contributed by atoms with E-state index in [1.807, 2.05) is 24.3 Å². The molecule has 1 amide bonds. The predicted octanol–water partition coefficient (Wildman–Crippen LogP) is 1.94. The van der Waals surface area contributed by atoms with Gasteiger partial charge in [0.15, 0.2) is 5.17 Å². The summed E-state index contributed by atoms with van der Waals surface area (Å²) in [5, 5.41) is 11.0. The summed E-state index contributed by atoms with van der Waals surface area (Å²) in [5.74, 6) is 0.376. The van der Waals surface area contributed by atoms with Gasteiger partial charge >= 0.3 is 0 Å². The largest absolute Gasteiger partial charge is 0.373 e. The van der Waals surface area contributed by atoms with Gasteiger partial charge in [0.25, 0.3) is 0 Å². The number of hydrogen-bond acceptors (Lipinski definition) is 5. The summed E-state index contributed by atoms with van der Waals surface area (Å²) in [6.45, 7) is 4.70. The van der Waals surface area contributed by atoms with Crippen LogP contribution in [0.25, 0.3) is 0 Å². The molecule has 104 valence electrons. The summed E-state index contributed by atoms with van der Waals surface area (Å²) in [7, 11) is 0. The molecule has 1 N–H and O–H groups in total.